The third kappa shape index (κ3) is 4.85. The first-order valence-electron chi connectivity index (χ1n) is 6.47. The molecule has 0 aromatic carbocycles. The molecule has 1 heterocycles. The van der Waals surface area contributed by atoms with E-state index in [4.69, 9.17) is 27.9 Å². The minimum absolute atomic E-state index is 0.214. The van der Waals surface area contributed by atoms with Crippen molar-refractivity contribution in [2.75, 3.05) is 24.8 Å². The number of amides is 1. The van der Waals surface area contributed by atoms with Gasteiger partial charge in [0.1, 0.15) is 5.60 Å². The van der Waals surface area contributed by atoms with Crippen molar-refractivity contribution in [1.82, 2.24) is 4.90 Å². The number of likely N-dealkylation sites (tertiary alicyclic amines) is 1. The van der Waals surface area contributed by atoms with Crippen LogP contribution in [0.4, 0.5) is 4.79 Å². The fraction of sp³-hybridized carbons (Fsp3) is 0.923. The number of nitrogens with zero attached hydrogens (tertiary/aromatic N) is 1. The summed E-state index contributed by atoms with van der Waals surface area (Å²) in [5, 5.41) is 0. The quantitative estimate of drug-likeness (QED) is 0.743. The number of hydrogen-bond donors (Lipinski definition) is 0. The van der Waals surface area contributed by atoms with E-state index in [2.05, 4.69) is 0 Å². The van der Waals surface area contributed by atoms with Crippen molar-refractivity contribution in [2.24, 2.45) is 11.8 Å². The summed E-state index contributed by atoms with van der Waals surface area (Å²) in [6.07, 6.45) is 1.71. The molecule has 106 valence electrons. The fourth-order valence-corrected chi connectivity index (χ4v) is 3.01. The van der Waals surface area contributed by atoms with Crippen LogP contribution in [0, 0.1) is 11.8 Å². The van der Waals surface area contributed by atoms with Crippen LogP contribution in [0.25, 0.3) is 0 Å². The average molecular weight is 296 g/mol. The molecule has 0 saturated carbocycles. The van der Waals surface area contributed by atoms with E-state index in [0.29, 0.717) is 23.6 Å². The van der Waals surface area contributed by atoms with Crippen molar-refractivity contribution in [1.29, 1.82) is 0 Å². The Morgan fingerprint density at radius 3 is 2.17 bits per heavy atom. The van der Waals surface area contributed by atoms with E-state index in [1.807, 2.05) is 20.8 Å². The van der Waals surface area contributed by atoms with Crippen molar-refractivity contribution < 1.29 is 9.53 Å². The molecule has 0 unspecified atom stereocenters. The summed E-state index contributed by atoms with van der Waals surface area (Å²) < 4.78 is 5.36. The van der Waals surface area contributed by atoms with Crippen LogP contribution >= 0.6 is 23.2 Å². The maximum absolute atomic E-state index is 11.9. The summed E-state index contributed by atoms with van der Waals surface area (Å²) in [6, 6.07) is 0. The summed E-state index contributed by atoms with van der Waals surface area (Å²) in [5.74, 6) is 2.08. The predicted molar refractivity (Wildman–Crippen MR) is 75.5 cm³/mol. The van der Waals surface area contributed by atoms with Crippen molar-refractivity contribution in [3.63, 3.8) is 0 Å². The molecule has 18 heavy (non-hydrogen) atoms. The average Bonchev–Trinajstić information content (AvgIpc) is 2.29. The van der Waals surface area contributed by atoms with Crippen LogP contribution < -0.4 is 0 Å². The number of carbonyl (C=O) groups is 1. The van der Waals surface area contributed by atoms with Gasteiger partial charge >= 0.3 is 6.09 Å². The Kier molecular flexibility index (Phi) is 6.06. The van der Waals surface area contributed by atoms with Crippen LogP contribution in [0.1, 0.15) is 33.6 Å². The highest BCUT2D eigenvalue weighted by atomic mass is 35.5. The zero-order valence-corrected chi connectivity index (χ0v) is 12.9. The Balaban J connectivity index is 2.41. The largest absolute Gasteiger partial charge is 0.444 e. The second-order valence-corrected chi connectivity index (χ2v) is 6.49. The molecule has 0 N–H and O–H groups in total. The van der Waals surface area contributed by atoms with E-state index in [1.54, 1.807) is 4.90 Å². The summed E-state index contributed by atoms with van der Waals surface area (Å²) >= 11 is 11.8. The van der Waals surface area contributed by atoms with Crippen LogP contribution in [0.2, 0.25) is 0 Å². The number of piperidine rings is 1. The van der Waals surface area contributed by atoms with Crippen molar-refractivity contribution in [3.8, 4) is 0 Å². The van der Waals surface area contributed by atoms with E-state index < -0.39 is 5.60 Å². The molecular weight excluding hydrogens is 273 g/mol. The van der Waals surface area contributed by atoms with Crippen molar-refractivity contribution >= 4 is 29.3 Å². The van der Waals surface area contributed by atoms with Gasteiger partial charge in [-0.2, -0.15) is 0 Å². The van der Waals surface area contributed by atoms with Crippen LogP contribution in [0.5, 0.6) is 0 Å². The Hall–Kier alpha value is -0.150. The van der Waals surface area contributed by atoms with Crippen LogP contribution in [-0.2, 0) is 4.74 Å². The van der Waals surface area contributed by atoms with Gasteiger partial charge in [0, 0.05) is 24.8 Å². The third-order valence-electron chi connectivity index (χ3n) is 3.25. The SMILES string of the molecule is CC(C)(C)OC(=O)N1CCC(C(CCl)CCl)CC1. The molecule has 1 aliphatic rings. The van der Waals surface area contributed by atoms with Gasteiger partial charge in [-0.05, 0) is 45.4 Å². The molecule has 0 aliphatic carbocycles. The van der Waals surface area contributed by atoms with Crippen molar-refractivity contribution in [2.45, 2.75) is 39.2 Å². The van der Waals surface area contributed by atoms with Gasteiger partial charge in [-0.1, -0.05) is 0 Å². The smallest absolute Gasteiger partial charge is 0.410 e. The summed E-state index contributed by atoms with van der Waals surface area (Å²) in [7, 11) is 0. The van der Waals surface area contributed by atoms with Gasteiger partial charge in [0.05, 0.1) is 0 Å². The van der Waals surface area contributed by atoms with Gasteiger partial charge in [0.2, 0.25) is 0 Å². The minimum Gasteiger partial charge on any atom is -0.444 e. The lowest BCUT2D eigenvalue weighted by Gasteiger charge is -2.35. The highest BCUT2D eigenvalue weighted by molar-refractivity contribution is 6.20. The van der Waals surface area contributed by atoms with Crippen LogP contribution in [0.15, 0.2) is 0 Å². The monoisotopic (exact) mass is 295 g/mol. The van der Waals surface area contributed by atoms with E-state index >= 15 is 0 Å². The molecule has 1 saturated heterocycles. The number of halogens is 2. The standard InChI is InChI=1S/C13H23Cl2NO2/c1-13(2,3)18-12(17)16-6-4-10(5-7-16)11(8-14)9-15/h10-11H,4-9H2,1-3H3. The van der Waals surface area contributed by atoms with Crippen LogP contribution in [0.3, 0.4) is 0 Å². The molecule has 3 nitrogen and oxygen atoms in total. The number of carbonyl (C=O) groups excluding carboxylic acids is 1. The second-order valence-electron chi connectivity index (χ2n) is 5.87. The summed E-state index contributed by atoms with van der Waals surface area (Å²) in [6.45, 7) is 7.13. The Morgan fingerprint density at radius 1 is 1.28 bits per heavy atom. The van der Waals surface area contributed by atoms with Gasteiger partial charge in [-0.3, -0.25) is 0 Å². The first-order chi connectivity index (χ1) is 8.37. The Bertz CT molecular complexity index is 267. The fourth-order valence-electron chi connectivity index (χ4n) is 2.17. The van der Waals surface area contributed by atoms with E-state index in [-0.39, 0.29) is 6.09 Å². The molecule has 0 radical (unpaired) electrons. The molecule has 5 heteroatoms. The van der Waals surface area contributed by atoms with E-state index in [1.165, 1.54) is 0 Å². The van der Waals surface area contributed by atoms with E-state index in [9.17, 15) is 4.79 Å². The molecule has 0 atom stereocenters. The van der Waals surface area contributed by atoms with Crippen LogP contribution in [-0.4, -0.2) is 41.4 Å². The number of rotatable bonds is 3. The normalized spacial score (nSPS) is 18.2. The molecule has 1 amide bonds. The van der Waals surface area contributed by atoms with E-state index in [0.717, 1.165) is 25.9 Å². The maximum Gasteiger partial charge on any atom is 0.410 e. The Morgan fingerprint density at radius 2 is 1.78 bits per heavy atom. The minimum atomic E-state index is -0.428. The van der Waals surface area contributed by atoms with Gasteiger partial charge in [0.15, 0.2) is 0 Å². The Labute approximate surface area is 120 Å². The summed E-state index contributed by atoms with van der Waals surface area (Å²) in [4.78, 5) is 13.7. The molecular formula is C13H23Cl2NO2. The molecule has 0 spiro atoms. The molecule has 1 rings (SSSR count). The molecule has 1 fully saturated rings. The molecule has 0 bridgehead atoms. The first-order valence-corrected chi connectivity index (χ1v) is 7.54. The number of ether oxygens (including phenoxy) is 1. The molecule has 0 aromatic rings. The topological polar surface area (TPSA) is 29.5 Å². The lowest BCUT2D eigenvalue weighted by atomic mass is 9.86. The van der Waals surface area contributed by atoms with Gasteiger partial charge in [-0.15, -0.1) is 23.2 Å². The van der Waals surface area contributed by atoms with Gasteiger partial charge in [-0.25, -0.2) is 4.79 Å². The zero-order valence-electron chi connectivity index (χ0n) is 11.4. The van der Waals surface area contributed by atoms with Gasteiger partial charge in [0.25, 0.3) is 0 Å². The number of alkyl halides is 2. The zero-order chi connectivity index (χ0) is 13.8. The third-order valence-corrected chi connectivity index (χ3v) is 4.05. The molecule has 1 aliphatic heterocycles. The number of hydrogen-bond acceptors (Lipinski definition) is 2. The summed E-state index contributed by atoms with van der Waals surface area (Å²) in [5.41, 5.74) is -0.428. The maximum atomic E-state index is 11.9. The lowest BCUT2D eigenvalue weighted by Crippen LogP contribution is -2.43. The lowest BCUT2D eigenvalue weighted by molar-refractivity contribution is 0.0168. The van der Waals surface area contributed by atoms with Gasteiger partial charge < -0.3 is 9.64 Å². The predicted octanol–water partition coefficient (Wildman–Crippen LogP) is 3.73. The molecule has 0 aromatic heterocycles. The second kappa shape index (κ2) is 6.85. The highest BCUT2D eigenvalue weighted by Gasteiger charge is 2.29. The highest BCUT2D eigenvalue weighted by Crippen LogP contribution is 2.27. The first kappa shape index (κ1) is 15.9. The van der Waals surface area contributed by atoms with Crippen molar-refractivity contribution in [3.05, 3.63) is 0 Å².